The summed E-state index contributed by atoms with van der Waals surface area (Å²) in [6.07, 6.45) is 0. The fourth-order valence-corrected chi connectivity index (χ4v) is 9.48. The zero-order valence-corrected chi connectivity index (χ0v) is 31.7. The van der Waals surface area contributed by atoms with Crippen molar-refractivity contribution in [2.75, 3.05) is 4.90 Å². The van der Waals surface area contributed by atoms with Gasteiger partial charge in [0.1, 0.15) is 0 Å². The summed E-state index contributed by atoms with van der Waals surface area (Å²) in [5, 5.41) is 13.7. The van der Waals surface area contributed by atoms with E-state index in [1.54, 1.807) is 0 Å². The van der Waals surface area contributed by atoms with Crippen LogP contribution in [0.25, 0.3) is 92.8 Å². The molecule has 12 rings (SSSR count). The Morgan fingerprint density at radius 3 is 1.62 bits per heavy atom. The summed E-state index contributed by atoms with van der Waals surface area (Å²) in [5.74, 6) is 0. The van der Waals surface area contributed by atoms with Gasteiger partial charge in [-0.25, -0.2) is 0 Å². The molecule has 0 N–H and O–H groups in total. The van der Waals surface area contributed by atoms with Crippen LogP contribution in [0.2, 0.25) is 0 Å². The van der Waals surface area contributed by atoms with Crippen LogP contribution in [-0.4, -0.2) is 4.57 Å². The quantitative estimate of drug-likeness (QED) is 0.154. The molecular formula is C56H36N2. The summed E-state index contributed by atoms with van der Waals surface area (Å²) in [6.45, 7) is 0. The number of rotatable bonds is 6. The molecule has 0 aliphatic rings. The summed E-state index contributed by atoms with van der Waals surface area (Å²) >= 11 is 0. The van der Waals surface area contributed by atoms with Crippen molar-refractivity contribution >= 4 is 81.8 Å². The summed E-state index contributed by atoms with van der Waals surface area (Å²) in [7, 11) is 0. The fraction of sp³-hybridized carbons (Fsp3) is 0. The first-order chi connectivity index (χ1) is 28.8. The molecule has 12 aromatic rings. The van der Waals surface area contributed by atoms with Gasteiger partial charge in [-0.2, -0.15) is 0 Å². The Balaban J connectivity index is 1.21. The lowest BCUT2D eigenvalue weighted by molar-refractivity contribution is 1.14. The lowest BCUT2D eigenvalue weighted by Gasteiger charge is -2.28. The second-order valence-corrected chi connectivity index (χ2v) is 15.3. The third-order valence-corrected chi connectivity index (χ3v) is 12.0. The molecule has 0 radical (unpaired) electrons. The minimum Gasteiger partial charge on any atom is -0.310 e. The van der Waals surface area contributed by atoms with Crippen molar-refractivity contribution in [2.45, 2.75) is 0 Å². The standard InChI is InChI=1S/C56H36N2/c1-4-16-39(17-5-1)54-50-36-44-27-31-48-51(57(45-22-8-3-9-23-45)46-29-24-37-14-10-12-20-42(37)34-46)33-28-40-26-32-49(53(44)52(40)48)56(50)58(55(54)41-18-6-2-7-19-41)47-30-25-38-15-11-13-21-43(38)35-47/h1-36H. The molecule has 1 heterocycles. The first-order valence-electron chi connectivity index (χ1n) is 20.0. The Bertz CT molecular complexity index is 3490. The highest BCUT2D eigenvalue weighted by Gasteiger charge is 2.26. The van der Waals surface area contributed by atoms with Crippen LogP contribution in [0.3, 0.4) is 0 Å². The molecule has 0 aliphatic heterocycles. The minimum absolute atomic E-state index is 1.13. The summed E-state index contributed by atoms with van der Waals surface area (Å²) in [5.41, 5.74) is 10.6. The van der Waals surface area contributed by atoms with Crippen LogP contribution in [0.4, 0.5) is 17.1 Å². The molecule has 0 saturated carbocycles. The van der Waals surface area contributed by atoms with Gasteiger partial charge in [0.05, 0.1) is 16.9 Å². The van der Waals surface area contributed by atoms with Crippen LogP contribution in [0, 0.1) is 0 Å². The van der Waals surface area contributed by atoms with E-state index in [-0.39, 0.29) is 0 Å². The monoisotopic (exact) mass is 736 g/mol. The lowest BCUT2D eigenvalue weighted by atomic mass is 9.90. The second-order valence-electron chi connectivity index (χ2n) is 15.3. The molecule has 0 aliphatic carbocycles. The van der Waals surface area contributed by atoms with Gasteiger partial charge < -0.3 is 9.47 Å². The van der Waals surface area contributed by atoms with Gasteiger partial charge in [0, 0.05) is 38.8 Å². The molecule has 0 fully saturated rings. The Hall–Kier alpha value is -7.68. The Labute approximate surface area is 336 Å². The van der Waals surface area contributed by atoms with Crippen LogP contribution in [0.1, 0.15) is 0 Å². The highest BCUT2D eigenvalue weighted by molar-refractivity contribution is 6.32. The Kier molecular flexibility index (Phi) is 7.26. The van der Waals surface area contributed by atoms with E-state index in [0.29, 0.717) is 0 Å². The third kappa shape index (κ3) is 4.99. The van der Waals surface area contributed by atoms with Crippen LogP contribution in [0.5, 0.6) is 0 Å². The molecule has 2 heteroatoms. The summed E-state index contributed by atoms with van der Waals surface area (Å²) in [6, 6.07) is 80.1. The van der Waals surface area contributed by atoms with Crippen LogP contribution in [-0.2, 0) is 0 Å². The molecule has 58 heavy (non-hydrogen) atoms. The average molecular weight is 737 g/mol. The van der Waals surface area contributed by atoms with Crippen molar-refractivity contribution in [3.63, 3.8) is 0 Å². The number of anilines is 3. The van der Waals surface area contributed by atoms with E-state index in [1.165, 1.54) is 87.1 Å². The maximum Gasteiger partial charge on any atom is 0.0620 e. The van der Waals surface area contributed by atoms with Gasteiger partial charge in [0.25, 0.3) is 0 Å². The number of fused-ring (bicyclic) bond motifs is 4. The minimum atomic E-state index is 1.13. The number of para-hydroxylation sites is 1. The van der Waals surface area contributed by atoms with Gasteiger partial charge in [0.15, 0.2) is 0 Å². The average Bonchev–Trinajstić information content (AvgIpc) is 3.64. The van der Waals surface area contributed by atoms with E-state index in [0.717, 1.165) is 22.7 Å². The first kappa shape index (κ1) is 32.6. The zero-order chi connectivity index (χ0) is 38.2. The van der Waals surface area contributed by atoms with Gasteiger partial charge in [-0.3, -0.25) is 0 Å². The first-order valence-corrected chi connectivity index (χ1v) is 20.0. The number of aromatic nitrogens is 1. The van der Waals surface area contributed by atoms with Gasteiger partial charge >= 0.3 is 0 Å². The smallest absolute Gasteiger partial charge is 0.0620 e. The molecule has 11 aromatic carbocycles. The Morgan fingerprint density at radius 2 is 0.879 bits per heavy atom. The fourth-order valence-electron chi connectivity index (χ4n) is 9.48. The number of hydrogen-bond donors (Lipinski definition) is 0. The summed E-state index contributed by atoms with van der Waals surface area (Å²) in [4.78, 5) is 2.42. The topological polar surface area (TPSA) is 8.17 Å². The lowest BCUT2D eigenvalue weighted by Crippen LogP contribution is -2.10. The predicted molar refractivity (Wildman–Crippen MR) is 248 cm³/mol. The molecule has 0 unspecified atom stereocenters. The van der Waals surface area contributed by atoms with Gasteiger partial charge in [-0.15, -0.1) is 0 Å². The Morgan fingerprint density at radius 1 is 0.328 bits per heavy atom. The van der Waals surface area contributed by atoms with E-state index in [4.69, 9.17) is 0 Å². The van der Waals surface area contributed by atoms with Crippen molar-refractivity contribution in [3.05, 3.63) is 218 Å². The van der Waals surface area contributed by atoms with Crippen molar-refractivity contribution in [3.8, 4) is 28.1 Å². The van der Waals surface area contributed by atoms with E-state index >= 15 is 0 Å². The maximum atomic E-state index is 2.54. The summed E-state index contributed by atoms with van der Waals surface area (Å²) < 4.78 is 2.54. The highest BCUT2D eigenvalue weighted by atomic mass is 15.1. The van der Waals surface area contributed by atoms with Crippen molar-refractivity contribution in [1.29, 1.82) is 0 Å². The van der Waals surface area contributed by atoms with E-state index < -0.39 is 0 Å². The zero-order valence-electron chi connectivity index (χ0n) is 31.7. The number of nitrogens with zero attached hydrogens (tertiary/aromatic N) is 2. The van der Waals surface area contributed by atoms with Crippen LogP contribution < -0.4 is 4.90 Å². The maximum absolute atomic E-state index is 2.54. The molecule has 270 valence electrons. The number of hydrogen-bond acceptors (Lipinski definition) is 1. The predicted octanol–water partition coefficient (Wildman–Crippen LogP) is 15.6. The van der Waals surface area contributed by atoms with E-state index in [1.807, 2.05) is 0 Å². The molecule has 0 saturated heterocycles. The third-order valence-electron chi connectivity index (χ3n) is 12.0. The molecule has 0 spiro atoms. The van der Waals surface area contributed by atoms with Gasteiger partial charge in [-0.1, -0.05) is 170 Å². The molecule has 0 amide bonds. The van der Waals surface area contributed by atoms with Crippen molar-refractivity contribution in [2.24, 2.45) is 0 Å². The molecule has 2 nitrogen and oxygen atoms in total. The van der Waals surface area contributed by atoms with Gasteiger partial charge in [0.2, 0.25) is 0 Å². The molecule has 1 aromatic heterocycles. The van der Waals surface area contributed by atoms with Crippen LogP contribution >= 0.6 is 0 Å². The molecule has 0 atom stereocenters. The molecule has 0 bridgehead atoms. The van der Waals surface area contributed by atoms with Crippen LogP contribution in [0.15, 0.2) is 218 Å². The van der Waals surface area contributed by atoms with E-state index in [2.05, 4.69) is 228 Å². The van der Waals surface area contributed by atoms with Crippen molar-refractivity contribution in [1.82, 2.24) is 4.57 Å². The SMILES string of the molecule is c1ccc(-c2c(-c3ccccc3)n(-c3ccc4ccccc4c3)c3c2cc2ccc4c(N(c5ccccc5)c5ccc6ccccc6c5)ccc5ccc3c2c54)cc1. The number of benzene rings is 11. The highest BCUT2D eigenvalue weighted by Crippen LogP contribution is 2.50. The second kappa shape index (κ2) is 12.9. The molecular weight excluding hydrogens is 701 g/mol. The largest absolute Gasteiger partial charge is 0.310 e. The normalized spacial score (nSPS) is 11.8. The van der Waals surface area contributed by atoms with Crippen molar-refractivity contribution < 1.29 is 0 Å². The van der Waals surface area contributed by atoms with Gasteiger partial charge in [-0.05, 0) is 103 Å². The van der Waals surface area contributed by atoms with E-state index in [9.17, 15) is 0 Å².